The van der Waals surface area contributed by atoms with Crippen molar-refractivity contribution >= 4 is 5.82 Å². The highest BCUT2D eigenvalue weighted by Crippen LogP contribution is 2.23. The van der Waals surface area contributed by atoms with Crippen LogP contribution in [0.4, 0.5) is 5.82 Å². The zero-order chi connectivity index (χ0) is 14.4. The van der Waals surface area contributed by atoms with E-state index < -0.39 is 0 Å². The Bertz CT molecular complexity index is 405. The number of aryl methyl sites for hydroxylation is 1. The molecule has 4 nitrogen and oxygen atoms in total. The maximum atomic E-state index is 4.49. The molecule has 20 heavy (non-hydrogen) atoms. The SMILES string of the molecule is CCc1cc(N2CCCCC2CNCC(C)C)ncn1. The lowest BCUT2D eigenvalue weighted by Crippen LogP contribution is -2.46. The molecule has 0 aromatic carbocycles. The second-order valence-electron chi connectivity index (χ2n) is 6.12. The number of hydrogen-bond acceptors (Lipinski definition) is 4. The monoisotopic (exact) mass is 276 g/mol. The maximum absolute atomic E-state index is 4.49. The molecule has 0 radical (unpaired) electrons. The summed E-state index contributed by atoms with van der Waals surface area (Å²) in [5.41, 5.74) is 1.13. The third kappa shape index (κ3) is 4.17. The standard InChI is InChI=1S/C16H28N4/c1-4-14-9-16(19-12-18-14)20-8-6-5-7-15(20)11-17-10-13(2)3/h9,12-13,15,17H,4-8,10-11H2,1-3H3. The van der Waals surface area contributed by atoms with Gasteiger partial charge in [-0.2, -0.15) is 0 Å². The molecule has 2 rings (SSSR count). The second-order valence-corrected chi connectivity index (χ2v) is 6.12. The fourth-order valence-corrected chi connectivity index (χ4v) is 2.79. The molecular weight excluding hydrogens is 248 g/mol. The van der Waals surface area contributed by atoms with Crippen LogP contribution in [0.3, 0.4) is 0 Å². The molecule has 0 amide bonds. The van der Waals surface area contributed by atoms with E-state index in [9.17, 15) is 0 Å². The Morgan fingerprint density at radius 3 is 2.95 bits per heavy atom. The lowest BCUT2D eigenvalue weighted by atomic mass is 10.0. The first-order valence-electron chi connectivity index (χ1n) is 7.99. The van der Waals surface area contributed by atoms with Crippen molar-refractivity contribution < 1.29 is 0 Å². The fourth-order valence-electron chi connectivity index (χ4n) is 2.79. The van der Waals surface area contributed by atoms with E-state index in [1.807, 2.05) is 0 Å². The minimum Gasteiger partial charge on any atom is -0.352 e. The molecule has 1 aliphatic rings. The summed E-state index contributed by atoms with van der Waals surface area (Å²) >= 11 is 0. The molecule has 1 saturated heterocycles. The average Bonchev–Trinajstić information content (AvgIpc) is 2.47. The lowest BCUT2D eigenvalue weighted by molar-refractivity contribution is 0.420. The van der Waals surface area contributed by atoms with Gasteiger partial charge < -0.3 is 10.2 Å². The van der Waals surface area contributed by atoms with Gasteiger partial charge in [-0.1, -0.05) is 20.8 Å². The van der Waals surface area contributed by atoms with Crippen molar-refractivity contribution in [2.45, 2.75) is 52.5 Å². The maximum Gasteiger partial charge on any atom is 0.132 e. The van der Waals surface area contributed by atoms with Crippen LogP contribution in [0.2, 0.25) is 0 Å². The molecule has 1 aromatic rings. The van der Waals surface area contributed by atoms with Gasteiger partial charge in [-0.05, 0) is 38.1 Å². The van der Waals surface area contributed by atoms with E-state index in [1.54, 1.807) is 6.33 Å². The molecule has 1 fully saturated rings. The summed E-state index contributed by atoms with van der Waals surface area (Å²) in [6.07, 6.45) is 6.54. The topological polar surface area (TPSA) is 41.0 Å². The third-order valence-corrected chi connectivity index (χ3v) is 3.93. The Morgan fingerprint density at radius 2 is 2.20 bits per heavy atom. The molecule has 2 heterocycles. The number of anilines is 1. The van der Waals surface area contributed by atoms with E-state index in [2.05, 4.69) is 47.0 Å². The zero-order valence-electron chi connectivity index (χ0n) is 13.1. The fraction of sp³-hybridized carbons (Fsp3) is 0.750. The summed E-state index contributed by atoms with van der Waals surface area (Å²) in [6.45, 7) is 9.92. The number of rotatable bonds is 6. The molecule has 1 unspecified atom stereocenters. The van der Waals surface area contributed by atoms with Gasteiger partial charge in [0.1, 0.15) is 12.1 Å². The Morgan fingerprint density at radius 1 is 1.35 bits per heavy atom. The largest absolute Gasteiger partial charge is 0.352 e. The first kappa shape index (κ1) is 15.2. The van der Waals surface area contributed by atoms with E-state index >= 15 is 0 Å². The summed E-state index contributed by atoms with van der Waals surface area (Å²) < 4.78 is 0. The molecule has 0 spiro atoms. The molecule has 112 valence electrons. The highest BCUT2D eigenvalue weighted by Gasteiger charge is 2.23. The number of nitrogens with zero attached hydrogens (tertiary/aromatic N) is 3. The van der Waals surface area contributed by atoms with Crippen molar-refractivity contribution in [2.75, 3.05) is 24.5 Å². The zero-order valence-corrected chi connectivity index (χ0v) is 13.1. The first-order valence-corrected chi connectivity index (χ1v) is 7.99. The van der Waals surface area contributed by atoms with Gasteiger partial charge in [0, 0.05) is 30.9 Å². The summed E-state index contributed by atoms with van der Waals surface area (Å²) in [4.78, 5) is 11.3. The van der Waals surface area contributed by atoms with Gasteiger partial charge in [0.05, 0.1) is 0 Å². The van der Waals surface area contributed by atoms with Gasteiger partial charge >= 0.3 is 0 Å². The highest BCUT2D eigenvalue weighted by atomic mass is 15.2. The minimum atomic E-state index is 0.571. The van der Waals surface area contributed by atoms with Gasteiger partial charge in [0.2, 0.25) is 0 Å². The Kier molecular flexibility index (Phi) is 5.77. The summed E-state index contributed by atoms with van der Waals surface area (Å²) in [5.74, 6) is 1.81. The van der Waals surface area contributed by atoms with Crippen LogP contribution in [0.1, 0.15) is 45.7 Å². The van der Waals surface area contributed by atoms with E-state index in [0.29, 0.717) is 12.0 Å². The highest BCUT2D eigenvalue weighted by molar-refractivity contribution is 5.41. The molecule has 1 atom stereocenters. The van der Waals surface area contributed by atoms with Crippen molar-refractivity contribution in [3.8, 4) is 0 Å². The van der Waals surface area contributed by atoms with Gasteiger partial charge in [-0.3, -0.25) is 0 Å². The van der Waals surface area contributed by atoms with Crippen LogP contribution < -0.4 is 10.2 Å². The van der Waals surface area contributed by atoms with Crippen molar-refractivity contribution in [3.05, 3.63) is 18.1 Å². The predicted molar refractivity (Wildman–Crippen MR) is 84.1 cm³/mol. The predicted octanol–water partition coefficient (Wildman–Crippen LogP) is 2.64. The van der Waals surface area contributed by atoms with Crippen LogP contribution in [0.5, 0.6) is 0 Å². The molecule has 0 bridgehead atoms. The lowest BCUT2D eigenvalue weighted by Gasteiger charge is -2.37. The van der Waals surface area contributed by atoms with E-state index in [1.165, 1.54) is 19.3 Å². The van der Waals surface area contributed by atoms with Crippen LogP contribution in [-0.2, 0) is 6.42 Å². The van der Waals surface area contributed by atoms with Crippen molar-refractivity contribution in [1.82, 2.24) is 15.3 Å². The second kappa shape index (κ2) is 7.58. The van der Waals surface area contributed by atoms with Crippen LogP contribution in [0.25, 0.3) is 0 Å². The normalized spacial score (nSPS) is 19.6. The molecule has 1 aliphatic heterocycles. The van der Waals surface area contributed by atoms with Crippen LogP contribution >= 0.6 is 0 Å². The van der Waals surface area contributed by atoms with Crippen LogP contribution in [0.15, 0.2) is 12.4 Å². The number of nitrogens with one attached hydrogen (secondary N) is 1. The Hall–Kier alpha value is -1.16. The summed E-state index contributed by atoms with van der Waals surface area (Å²) in [6, 6.07) is 2.72. The van der Waals surface area contributed by atoms with Crippen LogP contribution in [0, 0.1) is 5.92 Å². The smallest absolute Gasteiger partial charge is 0.132 e. The van der Waals surface area contributed by atoms with Gasteiger partial charge in [-0.15, -0.1) is 0 Å². The molecule has 0 aliphatic carbocycles. The first-order chi connectivity index (χ1) is 9.70. The Balaban J connectivity index is 2.01. The molecule has 4 heteroatoms. The van der Waals surface area contributed by atoms with Gasteiger partial charge in [-0.25, -0.2) is 9.97 Å². The number of piperidine rings is 1. The van der Waals surface area contributed by atoms with Crippen molar-refractivity contribution in [2.24, 2.45) is 5.92 Å². The van der Waals surface area contributed by atoms with Crippen molar-refractivity contribution in [1.29, 1.82) is 0 Å². The van der Waals surface area contributed by atoms with E-state index in [-0.39, 0.29) is 0 Å². The summed E-state index contributed by atoms with van der Waals surface area (Å²) in [7, 11) is 0. The molecule has 1 N–H and O–H groups in total. The van der Waals surface area contributed by atoms with Gasteiger partial charge in [0.25, 0.3) is 0 Å². The van der Waals surface area contributed by atoms with Crippen molar-refractivity contribution in [3.63, 3.8) is 0 Å². The summed E-state index contributed by atoms with van der Waals surface area (Å²) in [5, 5.41) is 3.60. The minimum absolute atomic E-state index is 0.571. The van der Waals surface area contributed by atoms with E-state index in [0.717, 1.165) is 37.6 Å². The van der Waals surface area contributed by atoms with Crippen LogP contribution in [-0.4, -0.2) is 35.6 Å². The molecule has 1 aromatic heterocycles. The van der Waals surface area contributed by atoms with Gasteiger partial charge in [0.15, 0.2) is 0 Å². The number of hydrogen-bond donors (Lipinski definition) is 1. The average molecular weight is 276 g/mol. The molecule has 0 saturated carbocycles. The van der Waals surface area contributed by atoms with E-state index in [4.69, 9.17) is 0 Å². The Labute approximate surface area is 123 Å². The quantitative estimate of drug-likeness (QED) is 0.867. The third-order valence-electron chi connectivity index (χ3n) is 3.93. The molecular formula is C16H28N4. The number of aromatic nitrogens is 2.